The first kappa shape index (κ1) is 19.5. The highest BCUT2D eigenvalue weighted by atomic mass is 19.1. The van der Waals surface area contributed by atoms with E-state index in [2.05, 4.69) is 10.6 Å². The molecule has 1 aliphatic carbocycles. The molecule has 2 amide bonds. The van der Waals surface area contributed by atoms with Crippen molar-refractivity contribution >= 4 is 23.5 Å². The second-order valence-electron chi connectivity index (χ2n) is 7.05. The number of carbonyl (C=O) groups excluding carboxylic acids is 2. The fourth-order valence-electron chi connectivity index (χ4n) is 3.20. The van der Waals surface area contributed by atoms with Crippen molar-refractivity contribution in [3.63, 3.8) is 0 Å². The molecule has 0 saturated heterocycles. The van der Waals surface area contributed by atoms with Gasteiger partial charge in [0, 0.05) is 24.2 Å². The first-order valence-corrected chi connectivity index (χ1v) is 9.04. The summed E-state index contributed by atoms with van der Waals surface area (Å²) in [6.45, 7) is 0.231. The number of halogens is 1. The van der Waals surface area contributed by atoms with Gasteiger partial charge in [0.1, 0.15) is 5.82 Å². The molecule has 3 rings (SSSR count). The molecule has 2 aromatic carbocycles. The first-order valence-electron chi connectivity index (χ1n) is 9.04. The summed E-state index contributed by atoms with van der Waals surface area (Å²) in [5, 5.41) is 14.8. The Labute approximate surface area is 161 Å². The number of carboxylic acids is 1. The molecule has 0 atom stereocenters. The number of anilines is 1. The predicted octanol–water partition coefficient (Wildman–Crippen LogP) is 3.34. The molecule has 0 radical (unpaired) electrons. The fourth-order valence-corrected chi connectivity index (χ4v) is 3.20. The van der Waals surface area contributed by atoms with Crippen molar-refractivity contribution in [3.8, 4) is 0 Å². The Kier molecular flexibility index (Phi) is 5.73. The van der Waals surface area contributed by atoms with E-state index in [4.69, 9.17) is 0 Å². The predicted molar refractivity (Wildman–Crippen MR) is 101 cm³/mol. The molecule has 1 fully saturated rings. The van der Waals surface area contributed by atoms with Crippen LogP contribution >= 0.6 is 0 Å². The van der Waals surface area contributed by atoms with Crippen molar-refractivity contribution in [2.24, 2.45) is 5.41 Å². The standard InChI is InChI=1S/C21H21FN2O4/c22-16-7-5-15(6-8-16)19(26)24-17-4-1-3-14(11-17)13-23-18(25)12-21(20(27)28)9-2-10-21/h1,3-8,11H,2,9-10,12-13H2,(H,23,25)(H,24,26)(H,27,28). The topological polar surface area (TPSA) is 95.5 Å². The number of nitrogens with one attached hydrogen (secondary N) is 2. The van der Waals surface area contributed by atoms with Crippen LogP contribution in [0.15, 0.2) is 48.5 Å². The number of aliphatic carboxylic acids is 1. The molecular formula is C21H21FN2O4. The van der Waals surface area contributed by atoms with Gasteiger partial charge in [-0.1, -0.05) is 18.6 Å². The van der Waals surface area contributed by atoms with Crippen LogP contribution in [0.4, 0.5) is 10.1 Å². The monoisotopic (exact) mass is 384 g/mol. The minimum absolute atomic E-state index is 0.0245. The summed E-state index contributed by atoms with van der Waals surface area (Å²) in [7, 11) is 0. The van der Waals surface area contributed by atoms with Gasteiger partial charge in [0.15, 0.2) is 0 Å². The number of hydrogen-bond donors (Lipinski definition) is 3. The maximum Gasteiger partial charge on any atom is 0.310 e. The summed E-state index contributed by atoms with van der Waals surface area (Å²) in [6.07, 6.45) is 1.86. The maximum atomic E-state index is 13.0. The van der Waals surface area contributed by atoms with Gasteiger partial charge < -0.3 is 15.7 Å². The highest BCUT2D eigenvalue weighted by molar-refractivity contribution is 6.04. The van der Waals surface area contributed by atoms with E-state index in [1.165, 1.54) is 24.3 Å². The third-order valence-electron chi connectivity index (χ3n) is 5.04. The minimum Gasteiger partial charge on any atom is -0.481 e. The molecule has 0 unspecified atom stereocenters. The van der Waals surface area contributed by atoms with Crippen molar-refractivity contribution < 1.29 is 23.9 Å². The van der Waals surface area contributed by atoms with Gasteiger partial charge >= 0.3 is 5.97 Å². The number of carboxylic acid groups (broad SMARTS) is 1. The van der Waals surface area contributed by atoms with Crippen LogP contribution in [0.3, 0.4) is 0 Å². The molecule has 0 bridgehead atoms. The largest absolute Gasteiger partial charge is 0.481 e. The number of rotatable bonds is 7. The van der Waals surface area contributed by atoms with Crippen molar-refractivity contribution in [3.05, 3.63) is 65.5 Å². The van der Waals surface area contributed by atoms with Crippen LogP contribution in [0.25, 0.3) is 0 Å². The number of benzene rings is 2. The average molecular weight is 384 g/mol. The zero-order valence-corrected chi connectivity index (χ0v) is 15.2. The van der Waals surface area contributed by atoms with Gasteiger partial charge in [-0.3, -0.25) is 14.4 Å². The Morgan fingerprint density at radius 3 is 2.39 bits per heavy atom. The molecule has 3 N–H and O–H groups in total. The van der Waals surface area contributed by atoms with Gasteiger partial charge in [-0.15, -0.1) is 0 Å². The molecule has 0 aliphatic heterocycles. The van der Waals surface area contributed by atoms with Crippen molar-refractivity contribution in [2.75, 3.05) is 5.32 Å². The normalized spacial score (nSPS) is 14.6. The number of amides is 2. The van der Waals surface area contributed by atoms with Crippen LogP contribution in [0.2, 0.25) is 0 Å². The summed E-state index contributed by atoms with van der Waals surface area (Å²) < 4.78 is 13.0. The van der Waals surface area contributed by atoms with Crippen LogP contribution in [-0.4, -0.2) is 22.9 Å². The van der Waals surface area contributed by atoms with E-state index in [1.807, 2.05) is 0 Å². The molecular weight excluding hydrogens is 363 g/mol. The molecule has 2 aromatic rings. The van der Waals surface area contributed by atoms with Crippen LogP contribution in [-0.2, 0) is 16.1 Å². The highest BCUT2D eigenvalue weighted by Crippen LogP contribution is 2.44. The van der Waals surface area contributed by atoms with Crippen molar-refractivity contribution in [1.29, 1.82) is 0 Å². The highest BCUT2D eigenvalue weighted by Gasteiger charge is 2.45. The molecule has 0 heterocycles. The Morgan fingerprint density at radius 1 is 1.07 bits per heavy atom. The van der Waals surface area contributed by atoms with Gasteiger partial charge in [0.25, 0.3) is 5.91 Å². The first-order chi connectivity index (χ1) is 13.4. The molecule has 6 nitrogen and oxygen atoms in total. The van der Waals surface area contributed by atoms with Gasteiger partial charge in [0.05, 0.1) is 5.41 Å². The Morgan fingerprint density at radius 2 is 1.79 bits per heavy atom. The third-order valence-corrected chi connectivity index (χ3v) is 5.04. The van der Waals surface area contributed by atoms with E-state index in [0.717, 1.165) is 12.0 Å². The molecule has 0 spiro atoms. The number of carbonyl (C=O) groups is 3. The second kappa shape index (κ2) is 8.21. The van der Waals surface area contributed by atoms with E-state index in [9.17, 15) is 23.9 Å². The Balaban J connectivity index is 1.56. The van der Waals surface area contributed by atoms with Crippen molar-refractivity contribution in [1.82, 2.24) is 5.32 Å². The van der Waals surface area contributed by atoms with Crippen LogP contribution in [0, 0.1) is 11.2 Å². The van der Waals surface area contributed by atoms with Crippen LogP contribution < -0.4 is 10.6 Å². The molecule has 146 valence electrons. The minimum atomic E-state index is -0.922. The third kappa shape index (κ3) is 4.54. The Bertz CT molecular complexity index is 892. The van der Waals surface area contributed by atoms with E-state index in [0.29, 0.717) is 24.1 Å². The molecule has 7 heteroatoms. The summed E-state index contributed by atoms with van der Waals surface area (Å²) in [5.41, 5.74) is 0.722. The summed E-state index contributed by atoms with van der Waals surface area (Å²) in [4.78, 5) is 35.7. The average Bonchev–Trinajstić information content (AvgIpc) is 2.63. The molecule has 1 aliphatic rings. The van der Waals surface area contributed by atoms with Crippen molar-refractivity contribution in [2.45, 2.75) is 32.2 Å². The summed E-state index contributed by atoms with van der Waals surface area (Å²) in [5.74, 6) is -2.00. The lowest BCUT2D eigenvalue weighted by Gasteiger charge is -2.36. The van der Waals surface area contributed by atoms with E-state index in [1.54, 1.807) is 24.3 Å². The molecule has 0 aromatic heterocycles. The van der Waals surface area contributed by atoms with Crippen LogP contribution in [0.5, 0.6) is 0 Å². The molecule has 1 saturated carbocycles. The maximum absolute atomic E-state index is 13.0. The van der Waals surface area contributed by atoms with Crippen LogP contribution in [0.1, 0.15) is 41.6 Å². The van der Waals surface area contributed by atoms with Gasteiger partial charge in [0.2, 0.25) is 5.91 Å². The quantitative estimate of drug-likeness (QED) is 0.682. The zero-order valence-electron chi connectivity index (χ0n) is 15.2. The molecule has 28 heavy (non-hydrogen) atoms. The second-order valence-corrected chi connectivity index (χ2v) is 7.05. The lowest BCUT2D eigenvalue weighted by Crippen LogP contribution is -2.42. The van der Waals surface area contributed by atoms with Gasteiger partial charge in [-0.05, 0) is 54.8 Å². The fraction of sp³-hybridized carbons (Fsp3) is 0.286. The van der Waals surface area contributed by atoms with E-state index >= 15 is 0 Å². The smallest absolute Gasteiger partial charge is 0.310 e. The number of hydrogen-bond acceptors (Lipinski definition) is 3. The lowest BCUT2D eigenvalue weighted by atomic mass is 9.66. The zero-order chi connectivity index (χ0) is 20.1. The lowest BCUT2D eigenvalue weighted by molar-refractivity contribution is -0.157. The van der Waals surface area contributed by atoms with E-state index in [-0.39, 0.29) is 24.8 Å². The summed E-state index contributed by atoms with van der Waals surface area (Å²) >= 11 is 0. The van der Waals surface area contributed by atoms with E-state index < -0.39 is 17.2 Å². The van der Waals surface area contributed by atoms with Gasteiger partial charge in [-0.25, -0.2) is 4.39 Å². The SMILES string of the molecule is O=C(CC1(C(=O)O)CCC1)NCc1cccc(NC(=O)c2ccc(F)cc2)c1. The Hall–Kier alpha value is -3.22. The van der Waals surface area contributed by atoms with Gasteiger partial charge in [-0.2, -0.15) is 0 Å². The summed E-state index contributed by atoms with van der Waals surface area (Å²) in [6, 6.07) is 12.2.